The topological polar surface area (TPSA) is 113 Å². The standard InChI is InChI=1S/C31H41N5O4S2/c1-5-42(39,40)20-7-6-17-35-19-14-31(2,3)26-11-10-24(21-27(26)35)34-29-25-13-18-36(22-23(25)12-16-32-29)30-28(41(4,37)38)9-8-15-33-30/h8-12,15-16,21H,5-7,13-14,17-20,22H2,1-4H3,(H,32,34). The second kappa shape index (κ2) is 11.8. The Kier molecular flexibility index (Phi) is 8.53. The van der Waals surface area contributed by atoms with E-state index in [0.29, 0.717) is 31.7 Å². The van der Waals surface area contributed by atoms with Crippen LogP contribution in [0.25, 0.3) is 0 Å². The van der Waals surface area contributed by atoms with Crippen LogP contribution in [0.2, 0.25) is 0 Å². The molecular weight excluding hydrogens is 571 g/mol. The molecule has 0 fully saturated rings. The number of nitrogens with zero attached hydrogens (tertiary/aromatic N) is 4. The minimum absolute atomic E-state index is 0.0554. The van der Waals surface area contributed by atoms with E-state index < -0.39 is 19.7 Å². The Labute approximate surface area is 250 Å². The van der Waals surface area contributed by atoms with Gasteiger partial charge in [-0.25, -0.2) is 26.8 Å². The molecule has 42 heavy (non-hydrogen) atoms. The highest BCUT2D eigenvalue weighted by atomic mass is 32.2. The van der Waals surface area contributed by atoms with E-state index >= 15 is 0 Å². The number of benzene rings is 1. The van der Waals surface area contributed by atoms with Crippen LogP contribution in [-0.2, 0) is 38.1 Å². The van der Waals surface area contributed by atoms with Gasteiger partial charge in [0.15, 0.2) is 9.84 Å². The minimum atomic E-state index is -3.40. The highest BCUT2D eigenvalue weighted by molar-refractivity contribution is 7.91. The molecule has 0 atom stereocenters. The molecule has 0 saturated heterocycles. The molecule has 0 unspecified atom stereocenters. The van der Waals surface area contributed by atoms with Crippen LogP contribution < -0.4 is 15.1 Å². The number of fused-ring (bicyclic) bond motifs is 2. The van der Waals surface area contributed by atoms with Crippen molar-refractivity contribution in [3.8, 4) is 0 Å². The van der Waals surface area contributed by atoms with Gasteiger partial charge in [-0.2, -0.15) is 0 Å². The van der Waals surface area contributed by atoms with Crippen LogP contribution in [0, 0.1) is 0 Å². The van der Waals surface area contributed by atoms with E-state index in [2.05, 4.69) is 52.2 Å². The Hall–Kier alpha value is -3.18. The third-order valence-corrected chi connectivity index (χ3v) is 11.4. The molecule has 3 aromatic rings. The lowest BCUT2D eigenvalue weighted by atomic mass is 9.77. The Morgan fingerprint density at radius 3 is 2.57 bits per heavy atom. The summed E-state index contributed by atoms with van der Waals surface area (Å²) < 4.78 is 48.6. The summed E-state index contributed by atoms with van der Waals surface area (Å²) in [6.45, 7) is 9.20. The molecule has 226 valence electrons. The predicted octanol–water partition coefficient (Wildman–Crippen LogP) is 4.89. The van der Waals surface area contributed by atoms with Crippen molar-refractivity contribution in [1.82, 2.24) is 9.97 Å². The highest BCUT2D eigenvalue weighted by Gasteiger charge is 2.31. The fourth-order valence-corrected chi connectivity index (χ4v) is 7.71. The number of rotatable bonds is 10. The number of anilines is 4. The molecule has 0 radical (unpaired) electrons. The second-order valence-electron chi connectivity index (χ2n) is 12.0. The molecule has 2 aliphatic rings. The van der Waals surface area contributed by atoms with Crippen molar-refractivity contribution >= 4 is 42.7 Å². The molecule has 2 aliphatic heterocycles. The van der Waals surface area contributed by atoms with E-state index in [-0.39, 0.29) is 21.8 Å². The largest absolute Gasteiger partial charge is 0.371 e. The molecule has 5 rings (SSSR count). The third kappa shape index (κ3) is 6.57. The van der Waals surface area contributed by atoms with Crippen molar-refractivity contribution in [2.75, 3.05) is 52.5 Å². The molecule has 0 aliphatic carbocycles. The first-order valence-corrected chi connectivity index (χ1v) is 18.3. The van der Waals surface area contributed by atoms with Crippen molar-refractivity contribution in [1.29, 1.82) is 0 Å². The SMILES string of the molecule is CCS(=O)(=O)CCCCN1CCC(C)(C)c2ccc(Nc3nccc4c3CCN(c3ncccc3S(C)(=O)=O)C4)cc21. The zero-order chi connectivity index (χ0) is 30.1. The summed E-state index contributed by atoms with van der Waals surface area (Å²) in [5.41, 5.74) is 5.71. The first-order valence-electron chi connectivity index (χ1n) is 14.6. The summed E-state index contributed by atoms with van der Waals surface area (Å²) in [6, 6.07) is 11.8. The van der Waals surface area contributed by atoms with E-state index in [0.717, 1.165) is 48.6 Å². The quantitative estimate of drug-likeness (QED) is 0.320. The number of nitrogens with one attached hydrogen (secondary N) is 1. The average Bonchev–Trinajstić information content (AvgIpc) is 2.96. The summed E-state index contributed by atoms with van der Waals surface area (Å²) in [7, 11) is -6.35. The maximum atomic E-state index is 12.4. The van der Waals surface area contributed by atoms with Gasteiger partial charge in [0.05, 0.1) is 5.75 Å². The third-order valence-electron chi connectivity index (χ3n) is 8.51. The van der Waals surface area contributed by atoms with Crippen LogP contribution in [0.15, 0.2) is 53.7 Å². The van der Waals surface area contributed by atoms with Crippen LogP contribution in [0.4, 0.5) is 23.0 Å². The molecule has 0 amide bonds. The van der Waals surface area contributed by atoms with Crippen LogP contribution >= 0.6 is 0 Å². The first kappa shape index (κ1) is 30.3. The van der Waals surface area contributed by atoms with Gasteiger partial charge in [-0.1, -0.05) is 26.8 Å². The number of sulfone groups is 2. The molecular formula is C31H41N5O4S2. The molecule has 0 saturated carbocycles. The lowest BCUT2D eigenvalue weighted by Crippen LogP contribution is -2.38. The Bertz CT molecular complexity index is 1670. The van der Waals surface area contributed by atoms with Crippen LogP contribution in [0.5, 0.6) is 0 Å². The monoisotopic (exact) mass is 611 g/mol. The summed E-state index contributed by atoms with van der Waals surface area (Å²) in [4.78, 5) is 13.8. The van der Waals surface area contributed by atoms with Gasteiger partial charge in [-0.15, -0.1) is 0 Å². The molecule has 1 N–H and O–H groups in total. The first-order chi connectivity index (χ1) is 19.9. The summed E-state index contributed by atoms with van der Waals surface area (Å²) in [6.07, 6.45) is 7.89. The molecule has 0 spiro atoms. The smallest absolute Gasteiger partial charge is 0.179 e. The molecule has 9 nitrogen and oxygen atoms in total. The Balaban J connectivity index is 1.36. The van der Waals surface area contributed by atoms with E-state index in [1.807, 2.05) is 11.0 Å². The van der Waals surface area contributed by atoms with Crippen molar-refractivity contribution in [3.63, 3.8) is 0 Å². The minimum Gasteiger partial charge on any atom is -0.371 e. The summed E-state index contributed by atoms with van der Waals surface area (Å²) in [5, 5.41) is 3.57. The fourth-order valence-electron chi connectivity index (χ4n) is 5.94. The molecule has 2 aromatic heterocycles. The van der Waals surface area contributed by atoms with E-state index in [1.54, 1.807) is 31.5 Å². The number of pyridine rings is 2. The Morgan fingerprint density at radius 2 is 1.81 bits per heavy atom. The highest BCUT2D eigenvalue weighted by Crippen LogP contribution is 2.42. The van der Waals surface area contributed by atoms with Crippen molar-refractivity contribution in [2.45, 2.75) is 63.3 Å². The Morgan fingerprint density at radius 1 is 1.00 bits per heavy atom. The van der Waals surface area contributed by atoms with Gasteiger partial charge in [0.1, 0.15) is 26.4 Å². The molecule has 4 heterocycles. The van der Waals surface area contributed by atoms with Gasteiger partial charge < -0.3 is 15.1 Å². The van der Waals surface area contributed by atoms with Crippen LogP contribution in [-0.4, -0.2) is 64.2 Å². The van der Waals surface area contributed by atoms with Crippen LogP contribution in [0.1, 0.15) is 56.7 Å². The van der Waals surface area contributed by atoms with Gasteiger partial charge >= 0.3 is 0 Å². The van der Waals surface area contributed by atoms with Crippen LogP contribution in [0.3, 0.4) is 0 Å². The lowest BCUT2D eigenvalue weighted by Gasteiger charge is -2.40. The second-order valence-corrected chi connectivity index (χ2v) is 16.4. The van der Waals surface area contributed by atoms with Gasteiger partial charge in [0.25, 0.3) is 0 Å². The normalized spacial score (nSPS) is 16.6. The zero-order valence-electron chi connectivity index (χ0n) is 24.9. The van der Waals surface area contributed by atoms with Gasteiger partial charge in [0, 0.05) is 67.5 Å². The van der Waals surface area contributed by atoms with E-state index in [4.69, 9.17) is 0 Å². The predicted molar refractivity (Wildman–Crippen MR) is 169 cm³/mol. The van der Waals surface area contributed by atoms with E-state index in [1.165, 1.54) is 17.5 Å². The molecule has 0 bridgehead atoms. The van der Waals surface area contributed by atoms with Gasteiger partial charge in [-0.05, 0) is 72.6 Å². The maximum Gasteiger partial charge on any atom is 0.179 e. The summed E-state index contributed by atoms with van der Waals surface area (Å²) >= 11 is 0. The fraction of sp³-hybridized carbons (Fsp3) is 0.484. The van der Waals surface area contributed by atoms with Crippen molar-refractivity contribution in [3.05, 3.63) is 65.5 Å². The zero-order valence-corrected chi connectivity index (χ0v) is 26.6. The number of hydrogen-bond acceptors (Lipinski definition) is 9. The van der Waals surface area contributed by atoms with Crippen molar-refractivity contribution < 1.29 is 16.8 Å². The number of hydrogen-bond donors (Lipinski definition) is 1. The average molecular weight is 612 g/mol. The van der Waals surface area contributed by atoms with Gasteiger partial charge in [0.2, 0.25) is 0 Å². The summed E-state index contributed by atoms with van der Waals surface area (Å²) in [5.74, 6) is 1.74. The number of aromatic nitrogens is 2. The molecule has 1 aromatic carbocycles. The molecule has 11 heteroatoms. The van der Waals surface area contributed by atoms with Crippen molar-refractivity contribution in [2.24, 2.45) is 0 Å². The van der Waals surface area contributed by atoms with Gasteiger partial charge in [-0.3, -0.25) is 0 Å². The number of unbranched alkanes of at least 4 members (excludes halogenated alkanes) is 1. The maximum absolute atomic E-state index is 12.4. The van der Waals surface area contributed by atoms with E-state index in [9.17, 15) is 16.8 Å². The lowest BCUT2D eigenvalue weighted by molar-refractivity contribution is 0.451.